The highest BCUT2D eigenvalue weighted by molar-refractivity contribution is 7.58. The van der Waals surface area contributed by atoms with Crippen LogP contribution in [0.4, 0.5) is 0 Å². The standard InChI is InChI=1S/C18H34O7P2/c1-15(2)9-7-10-16(3)11-8-12-17(18(4,5)6)13-14-24-27(22,23)25-26(19,20)21/h9,11,13H,7-8,10,12,14H2,1-6H3,(H,22,23)(H2,19,20,21)/p-3/b16-11+,17-13-. The van der Waals surface area contributed by atoms with Crippen LogP contribution in [0.5, 0.6) is 0 Å². The molecule has 0 N–H and O–H groups in total. The third-order valence-electron chi connectivity index (χ3n) is 3.72. The Hall–Kier alpha value is -0.520. The van der Waals surface area contributed by atoms with Gasteiger partial charge in [-0.05, 0) is 51.9 Å². The van der Waals surface area contributed by atoms with E-state index < -0.39 is 22.3 Å². The van der Waals surface area contributed by atoms with E-state index in [2.05, 4.69) is 41.8 Å². The molecule has 0 aromatic heterocycles. The summed E-state index contributed by atoms with van der Waals surface area (Å²) in [5.41, 5.74) is 3.33. The van der Waals surface area contributed by atoms with Gasteiger partial charge < -0.3 is 23.8 Å². The van der Waals surface area contributed by atoms with E-state index in [0.717, 1.165) is 24.8 Å². The fraction of sp³-hybridized carbons (Fsp3) is 0.667. The van der Waals surface area contributed by atoms with E-state index in [1.54, 1.807) is 6.08 Å². The van der Waals surface area contributed by atoms with E-state index in [0.29, 0.717) is 6.42 Å². The number of rotatable bonds is 11. The first-order valence-corrected chi connectivity index (χ1v) is 11.7. The Bertz CT molecular complexity index is 647. The lowest BCUT2D eigenvalue weighted by molar-refractivity contribution is -0.339. The predicted molar refractivity (Wildman–Crippen MR) is 101 cm³/mol. The van der Waals surface area contributed by atoms with Crippen LogP contribution < -0.4 is 14.7 Å². The van der Waals surface area contributed by atoms with Gasteiger partial charge in [0.15, 0.2) is 0 Å². The first-order valence-electron chi connectivity index (χ1n) is 8.80. The lowest BCUT2D eigenvalue weighted by atomic mass is 9.83. The fourth-order valence-electron chi connectivity index (χ4n) is 2.32. The van der Waals surface area contributed by atoms with Gasteiger partial charge in [-0.25, -0.2) is 0 Å². The van der Waals surface area contributed by atoms with E-state index >= 15 is 0 Å². The van der Waals surface area contributed by atoms with Crippen molar-refractivity contribution in [2.75, 3.05) is 6.61 Å². The lowest BCUT2D eigenvalue weighted by Crippen LogP contribution is -2.19. The van der Waals surface area contributed by atoms with Gasteiger partial charge in [-0.1, -0.05) is 55.7 Å². The van der Waals surface area contributed by atoms with Crippen LogP contribution in [0.15, 0.2) is 34.9 Å². The second kappa shape index (κ2) is 11.5. The summed E-state index contributed by atoms with van der Waals surface area (Å²) in [4.78, 5) is 32.1. The van der Waals surface area contributed by atoms with Crippen molar-refractivity contribution in [2.45, 2.75) is 67.2 Å². The SMILES string of the molecule is CC(C)=CCC/C(C)=C/CC/C(=C/COP(=O)([O-])OP(=O)([O-])[O-])C(C)(C)C. The van der Waals surface area contributed by atoms with Gasteiger partial charge in [0.05, 0.1) is 14.4 Å². The molecule has 0 bridgehead atoms. The van der Waals surface area contributed by atoms with E-state index in [-0.39, 0.29) is 5.41 Å². The largest absolute Gasteiger partial charge is 0.790 e. The number of hydrogen-bond acceptors (Lipinski definition) is 7. The normalized spacial score (nSPS) is 16.2. The molecule has 27 heavy (non-hydrogen) atoms. The Kier molecular flexibility index (Phi) is 11.3. The molecule has 0 heterocycles. The summed E-state index contributed by atoms with van der Waals surface area (Å²) in [6.07, 6.45) is 9.44. The molecule has 0 spiro atoms. The molecule has 0 aliphatic heterocycles. The Morgan fingerprint density at radius 3 is 1.96 bits per heavy atom. The van der Waals surface area contributed by atoms with Crippen molar-refractivity contribution in [3.63, 3.8) is 0 Å². The minimum Gasteiger partial charge on any atom is -0.790 e. The fourth-order valence-corrected chi connectivity index (χ4v) is 3.75. The highest BCUT2D eigenvalue weighted by Crippen LogP contribution is 2.50. The maximum absolute atomic E-state index is 11.3. The molecule has 9 heteroatoms. The molecule has 0 aliphatic carbocycles. The van der Waals surface area contributed by atoms with Gasteiger partial charge in [0.1, 0.15) is 0 Å². The zero-order valence-corrected chi connectivity index (χ0v) is 18.8. The predicted octanol–water partition coefficient (Wildman–Crippen LogP) is 3.76. The molecule has 158 valence electrons. The second-order valence-electron chi connectivity index (χ2n) is 7.66. The number of allylic oxidation sites excluding steroid dienone is 5. The summed E-state index contributed by atoms with van der Waals surface area (Å²) in [5.74, 6) is 0. The molecule has 0 aromatic rings. The third kappa shape index (κ3) is 15.1. The van der Waals surface area contributed by atoms with Crippen LogP contribution in [-0.4, -0.2) is 6.61 Å². The van der Waals surface area contributed by atoms with E-state index in [1.165, 1.54) is 11.1 Å². The molecule has 0 saturated carbocycles. The van der Waals surface area contributed by atoms with Gasteiger partial charge in [0, 0.05) is 0 Å². The summed E-state index contributed by atoms with van der Waals surface area (Å²) in [7, 11) is -10.8. The van der Waals surface area contributed by atoms with Crippen molar-refractivity contribution < 1.29 is 32.6 Å². The van der Waals surface area contributed by atoms with Crippen LogP contribution in [0.25, 0.3) is 0 Å². The molecule has 0 saturated heterocycles. The minimum absolute atomic E-state index is 0.215. The molecule has 7 nitrogen and oxygen atoms in total. The Balaban J connectivity index is 4.77. The summed E-state index contributed by atoms with van der Waals surface area (Å²) < 4.78 is 29.6. The van der Waals surface area contributed by atoms with Gasteiger partial charge in [0.2, 0.25) is 0 Å². The van der Waals surface area contributed by atoms with Gasteiger partial charge in [-0.3, -0.25) is 8.88 Å². The lowest BCUT2D eigenvalue weighted by Gasteiger charge is -2.35. The summed E-state index contributed by atoms with van der Waals surface area (Å²) in [6, 6.07) is 0. The molecular weight excluding hydrogens is 390 g/mol. The summed E-state index contributed by atoms with van der Waals surface area (Å²) >= 11 is 0. The van der Waals surface area contributed by atoms with Crippen molar-refractivity contribution >= 4 is 15.6 Å². The Morgan fingerprint density at radius 1 is 0.926 bits per heavy atom. The average Bonchev–Trinajstić information content (AvgIpc) is 2.41. The highest BCUT2D eigenvalue weighted by atomic mass is 31.3. The average molecular weight is 421 g/mol. The van der Waals surface area contributed by atoms with Crippen LogP contribution in [-0.2, 0) is 18.0 Å². The highest BCUT2D eigenvalue weighted by Gasteiger charge is 2.17. The van der Waals surface area contributed by atoms with Crippen molar-refractivity contribution in [3.8, 4) is 0 Å². The number of hydrogen-bond donors (Lipinski definition) is 0. The molecule has 0 aliphatic rings. The van der Waals surface area contributed by atoms with Crippen molar-refractivity contribution in [1.82, 2.24) is 0 Å². The summed E-state index contributed by atoms with van der Waals surface area (Å²) in [6.45, 7) is 11.8. The maximum atomic E-state index is 11.3. The third-order valence-corrected chi connectivity index (χ3v) is 5.79. The first-order chi connectivity index (χ1) is 12.1. The molecule has 0 amide bonds. The molecule has 1 unspecified atom stereocenters. The minimum atomic E-state index is -5.66. The second-order valence-corrected chi connectivity index (χ2v) is 10.4. The maximum Gasteiger partial charge on any atom is 0.272 e. The first kappa shape index (κ1) is 26.5. The zero-order valence-electron chi connectivity index (χ0n) is 17.0. The summed E-state index contributed by atoms with van der Waals surface area (Å²) in [5, 5.41) is 0. The van der Waals surface area contributed by atoms with Crippen LogP contribution >= 0.6 is 15.6 Å². The molecule has 0 aromatic carbocycles. The Morgan fingerprint density at radius 2 is 1.48 bits per heavy atom. The Labute approximate surface area is 163 Å². The molecule has 0 fully saturated rings. The van der Waals surface area contributed by atoms with E-state index in [9.17, 15) is 23.8 Å². The molecular formula is C18H31O7P2-3. The van der Waals surface area contributed by atoms with Gasteiger partial charge in [-0.15, -0.1) is 0 Å². The van der Waals surface area contributed by atoms with Crippen LogP contribution in [0, 0.1) is 5.41 Å². The van der Waals surface area contributed by atoms with E-state index in [4.69, 9.17) is 0 Å². The van der Waals surface area contributed by atoms with E-state index in [1.807, 2.05) is 20.8 Å². The van der Waals surface area contributed by atoms with Crippen LogP contribution in [0.3, 0.4) is 0 Å². The monoisotopic (exact) mass is 421 g/mol. The van der Waals surface area contributed by atoms with Crippen LogP contribution in [0.1, 0.15) is 67.2 Å². The smallest absolute Gasteiger partial charge is 0.272 e. The van der Waals surface area contributed by atoms with Crippen LogP contribution in [0.2, 0.25) is 0 Å². The zero-order chi connectivity index (χ0) is 21.3. The van der Waals surface area contributed by atoms with Gasteiger partial charge >= 0.3 is 0 Å². The van der Waals surface area contributed by atoms with Gasteiger partial charge in [-0.2, -0.15) is 0 Å². The molecule has 0 rings (SSSR count). The molecule has 0 radical (unpaired) electrons. The van der Waals surface area contributed by atoms with Gasteiger partial charge in [0.25, 0.3) is 7.82 Å². The van der Waals surface area contributed by atoms with Crippen molar-refractivity contribution in [3.05, 3.63) is 34.9 Å². The quantitative estimate of drug-likeness (QED) is 0.368. The number of phosphoric acid groups is 2. The number of phosphoric ester groups is 1. The van der Waals surface area contributed by atoms with Crippen molar-refractivity contribution in [1.29, 1.82) is 0 Å². The van der Waals surface area contributed by atoms with Crippen molar-refractivity contribution in [2.24, 2.45) is 5.41 Å². The molecule has 1 atom stereocenters. The topological polar surface area (TPSA) is 122 Å².